The Balaban J connectivity index is 1.32. The highest BCUT2D eigenvalue weighted by Crippen LogP contribution is 2.52. The van der Waals surface area contributed by atoms with Crippen LogP contribution in [0, 0.1) is 0 Å². The number of anilines is 1. The molecule has 2 heterocycles. The first kappa shape index (κ1) is 21.5. The highest BCUT2D eigenvalue weighted by molar-refractivity contribution is 7.26. The minimum absolute atomic E-state index is 0.0166. The molecule has 1 aromatic heterocycles. The SMILES string of the molecule is c1ccc(C2NC(c3ccc4c5c3sc3cccc(c35)-c3cccc5cccc-4c35)Nc3ccccc32)cc1. The topological polar surface area (TPSA) is 24.1 Å². The van der Waals surface area contributed by atoms with Crippen molar-refractivity contribution in [1.29, 1.82) is 0 Å². The highest BCUT2D eigenvalue weighted by atomic mass is 32.1. The van der Waals surface area contributed by atoms with E-state index < -0.39 is 0 Å². The van der Waals surface area contributed by atoms with Crippen molar-refractivity contribution in [2.75, 3.05) is 5.32 Å². The fraction of sp³-hybridized carbons (Fsp3) is 0.0556. The molecular weight excluding hydrogens is 492 g/mol. The summed E-state index contributed by atoms with van der Waals surface area (Å²) >= 11 is 1.92. The van der Waals surface area contributed by atoms with Gasteiger partial charge in [0.2, 0.25) is 0 Å². The van der Waals surface area contributed by atoms with Crippen molar-refractivity contribution in [3.05, 3.63) is 138 Å². The summed E-state index contributed by atoms with van der Waals surface area (Å²) < 4.78 is 2.70. The van der Waals surface area contributed by atoms with Gasteiger partial charge in [0, 0.05) is 31.4 Å². The number of hydrogen-bond donors (Lipinski definition) is 2. The second-order valence-corrected chi connectivity index (χ2v) is 11.6. The molecule has 39 heavy (non-hydrogen) atoms. The van der Waals surface area contributed by atoms with E-state index >= 15 is 0 Å². The zero-order chi connectivity index (χ0) is 25.5. The van der Waals surface area contributed by atoms with Gasteiger partial charge in [-0.25, -0.2) is 0 Å². The zero-order valence-electron chi connectivity index (χ0n) is 21.1. The fourth-order valence-electron chi connectivity index (χ4n) is 6.83. The molecule has 2 nitrogen and oxygen atoms in total. The van der Waals surface area contributed by atoms with Crippen molar-refractivity contribution < 1.29 is 0 Å². The Kier molecular flexibility index (Phi) is 4.43. The summed E-state index contributed by atoms with van der Waals surface area (Å²) in [6.07, 6.45) is -0.0166. The number of fused-ring (bicyclic) bond motifs is 3. The van der Waals surface area contributed by atoms with Gasteiger partial charge in [-0.1, -0.05) is 109 Å². The first-order valence-corrected chi connectivity index (χ1v) is 14.3. The van der Waals surface area contributed by atoms with Gasteiger partial charge in [-0.2, -0.15) is 0 Å². The van der Waals surface area contributed by atoms with Crippen LogP contribution in [-0.4, -0.2) is 0 Å². The number of hydrogen-bond acceptors (Lipinski definition) is 3. The quantitative estimate of drug-likeness (QED) is 0.239. The second kappa shape index (κ2) is 8.03. The third-order valence-electron chi connectivity index (χ3n) is 8.51. The van der Waals surface area contributed by atoms with Gasteiger partial charge in [-0.05, 0) is 56.3 Å². The van der Waals surface area contributed by atoms with E-state index in [2.05, 4.69) is 132 Å². The molecule has 0 saturated heterocycles. The molecule has 0 saturated carbocycles. The minimum Gasteiger partial charge on any atom is -0.366 e. The molecule has 6 aromatic carbocycles. The molecule has 184 valence electrons. The Bertz CT molecular complexity index is 2080. The van der Waals surface area contributed by atoms with E-state index in [4.69, 9.17) is 0 Å². The normalized spacial score (nSPS) is 17.3. The van der Waals surface area contributed by atoms with Gasteiger partial charge in [0.25, 0.3) is 0 Å². The Morgan fingerprint density at radius 2 is 1.21 bits per heavy atom. The maximum absolute atomic E-state index is 3.98. The fourth-order valence-corrected chi connectivity index (χ4v) is 8.13. The summed E-state index contributed by atoms with van der Waals surface area (Å²) in [5, 5.41) is 13.2. The number of para-hydroxylation sites is 1. The first-order valence-electron chi connectivity index (χ1n) is 13.5. The van der Waals surface area contributed by atoms with Gasteiger partial charge in [0.15, 0.2) is 0 Å². The van der Waals surface area contributed by atoms with Crippen LogP contribution < -0.4 is 10.6 Å². The monoisotopic (exact) mass is 516 g/mol. The molecule has 3 heteroatoms. The molecule has 0 radical (unpaired) electrons. The maximum atomic E-state index is 3.98. The molecule has 0 fully saturated rings. The van der Waals surface area contributed by atoms with Crippen molar-refractivity contribution in [2.24, 2.45) is 0 Å². The Hall–Kier alpha value is -4.44. The summed E-state index contributed by atoms with van der Waals surface area (Å²) in [7, 11) is 0. The van der Waals surface area contributed by atoms with Gasteiger partial charge in [0.05, 0.1) is 6.04 Å². The smallest absolute Gasteiger partial charge is 0.105 e. The van der Waals surface area contributed by atoms with Crippen molar-refractivity contribution in [2.45, 2.75) is 12.2 Å². The molecule has 7 aromatic rings. The number of nitrogens with one attached hydrogen (secondary N) is 2. The lowest BCUT2D eigenvalue weighted by molar-refractivity contribution is 0.509. The molecular formula is C36H24N2S. The molecule has 1 aliphatic carbocycles. The van der Waals surface area contributed by atoms with Gasteiger partial charge >= 0.3 is 0 Å². The Morgan fingerprint density at radius 1 is 0.513 bits per heavy atom. The van der Waals surface area contributed by atoms with Crippen LogP contribution in [0.5, 0.6) is 0 Å². The van der Waals surface area contributed by atoms with Crippen LogP contribution >= 0.6 is 11.3 Å². The standard InChI is InChI=1S/C36H24N2S/c1-2-9-22(10-3-1)34-27-13-4-5-17-29(27)37-36(38-34)28-20-19-26-24-15-7-12-21-11-6-14-23(31(21)24)25-16-8-18-30-32(25)33(26)35(28)39-30/h1-20,34,36-38H. The summed E-state index contributed by atoms with van der Waals surface area (Å²) in [6.45, 7) is 0. The van der Waals surface area contributed by atoms with E-state index in [9.17, 15) is 0 Å². The summed E-state index contributed by atoms with van der Waals surface area (Å²) in [5.41, 5.74) is 10.4. The molecule has 1 aliphatic heterocycles. The lowest BCUT2D eigenvalue weighted by atomic mass is 9.91. The average molecular weight is 517 g/mol. The Labute approximate surface area is 230 Å². The molecule has 0 spiro atoms. The van der Waals surface area contributed by atoms with Crippen LogP contribution in [0.4, 0.5) is 5.69 Å². The van der Waals surface area contributed by atoms with Crippen LogP contribution in [-0.2, 0) is 0 Å². The van der Waals surface area contributed by atoms with Crippen molar-refractivity contribution >= 4 is 48.0 Å². The Morgan fingerprint density at radius 3 is 2.03 bits per heavy atom. The van der Waals surface area contributed by atoms with Gasteiger partial charge in [-0.3, -0.25) is 5.32 Å². The molecule has 2 unspecified atom stereocenters. The predicted molar refractivity (Wildman–Crippen MR) is 165 cm³/mol. The lowest BCUT2D eigenvalue weighted by Crippen LogP contribution is -2.37. The van der Waals surface area contributed by atoms with Gasteiger partial charge in [-0.15, -0.1) is 11.3 Å². The predicted octanol–water partition coefficient (Wildman–Crippen LogP) is 9.66. The van der Waals surface area contributed by atoms with E-state index in [-0.39, 0.29) is 12.2 Å². The van der Waals surface area contributed by atoms with E-state index in [1.54, 1.807) is 0 Å². The van der Waals surface area contributed by atoms with E-state index in [0.29, 0.717) is 0 Å². The number of rotatable bonds is 2. The van der Waals surface area contributed by atoms with Crippen LogP contribution in [0.1, 0.15) is 28.9 Å². The van der Waals surface area contributed by atoms with Crippen molar-refractivity contribution in [3.63, 3.8) is 0 Å². The first-order chi connectivity index (χ1) is 19.3. The number of thiophene rings is 1. The van der Waals surface area contributed by atoms with Crippen LogP contribution in [0.25, 0.3) is 53.2 Å². The van der Waals surface area contributed by atoms with E-state index in [1.165, 1.54) is 75.6 Å². The van der Waals surface area contributed by atoms with Crippen molar-refractivity contribution in [3.8, 4) is 22.3 Å². The molecule has 0 amide bonds. The summed E-state index contributed by atoms with van der Waals surface area (Å²) in [5.74, 6) is 0. The van der Waals surface area contributed by atoms with Gasteiger partial charge in [0.1, 0.15) is 6.17 Å². The molecule has 2 atom stereocenters. The summed E-state index contributed by atoms with van der Waals surface area (Å²) in [4.78, 5) is 0. The van der Waals surface area contributed by atoms with E-state index in [0.717, 1.165) is 0 Å². The third-order valence-corrected chi connectivity index (χ3v) is 9.71. The maximum Gasteiger partial charge on any atom is 0.105 e. The summed E-state index contributed by atoms with van der Waals surface area (Å²) in [6, 6.07) is 44.6. The average Bonchev–Trinajstić information content (AvgIpc) is 3.34. The molecule has 2 N–H and O–H groups in total. The second-order valence-electron chi connectivity index (χ2n) is 10.6. The van der Waals surface area contributed by atoms with Crippen molar-refractivity contribution in [1.82, 2.24) is 5.32 Å². The van der Waals surface area contributed by atoms with Crippen LogP contribution in [0.15, 0.2) is 121 Å². The number of benzene rings is 6. The zero-order valence-corrected chi connectivity index (χ0v) is 21.9. The molecule has 0 bridgehead atoms. The largest absolute Gasteiger partial charge is 0.366 e. The third kappa shape index (κ3) is 3.00. The van der Waals surface area contributed by atoms with E-state index in [1.807, 2.05) is 11.3 Å². The molecule has 2 aliphatic rings. The highest BCUT2D eigenvalue weighted by Gasteiger charge is 2.31. The minimum atomic E-state index is -0.0166. The van der Waals surface area contributed by atoms with Crippen LogP contribution in [0.3, 0.4) is 0 Å². The molecule has 9 rings (SSSR count). The van der Waals surface area contributed by atoms with Crippen LogP contribution in [0.2, 0.25) is 0 Å². The van der Waals surface area contributed by atoms with Gasteiger partial charge < -0.3 is 5.32 Å². The lowest BCUT2D eigenvalue weighted by Gasteiger charge is -2.35.